The number of aryl methyl sites for hydroxylation is 3. The Labute approximate surface area is 557 Å². The molecule has 30 nitrogen and oxygen atoms in total. The molecular formula is C50H66B2Br3N17NaO13S. The van der Waals surface area contributed by atoms with Crippen molar-refractivity contribution >= 4 is 106 Å². The van der Waals surface area contributed by atoms with Crippen molar-refractivity contribution in [3.05, 3.63) is 123 Å². The second-order valence-corrected chi connectivity index (χ2v) is 19.4. The summed E-state index contributed by atoms with van der Waals surface area (Å²) >= 11 is 13.0. The number of nitrogens with two attached hydrogens (primary N) is 1. The van der Waals surface area contributed by atoms with Gasteiger partial charge in [0.1, 0.15) is 40.9 Å². The minimum absolute atomic E-state index is 0. The van der Waals surface area contributed by atoms with Crippen molar-refractivity contribution < 1.29 is 93.6 Å². The van der Waals surface area contributed by atoms with Crippen LogP contribution in [0, 0.1) is 0 Å². The van der Waals surface area contributed by atoms with Crippen molar-refractivity contribution in [1.82, 2.24) is 69.2 Å². The zero-order valence-corrected chi connectivity index (χ0v) is 57.5. The normalized spacial score (nSPS) is 10.9. The maximum absolute atomic E-state index is 11.2. The predicted molar refractivity (Wildman–Crippen MR) is 331 cm³/mol. The number of aliphatic hydroxyl groups excluding tert-OH is 1. The van der Waals surface area contributed by atoms with Crippen LogP contribution in [-0.4, -0.2) is 200 Å². The second kappa shape index (κ2) is 45.8. The summed E-state index contributed by atoms with van der Waals surface area (Å²) in [6.45, 7) is 8.31. The van der Waals surface area contributed by atoms with E-state index in [-0.39, 0.29) is 57.8 Å². The Morgan fingerprint density at radius 3 is 1.25 bits per heavy atom. The molecule has 7 aromatic heterocycles. The molecule has 1 fully saturated rings. The summed E-state index contributed by atoms with van der Waals surface area (Å²) in [5, 5.41) is 46.0. The topological polar surface area (TPSA) is 423 Å². The molecule has 0 aromatic carbocycles. The van der Waals surface area contributed by atoms with Gasteiger partial charge < -0.3 is 55.6 Å². The minimum Gasteiger partial charge on any atom is -0.870 e. The summed E-state index contributed by atoms with van der Waals surface area (Å²) in [5.74, 6) is -2.58. The Morgan fingerprint density at radius 1 is 0.655 bits per heavy atom. The average Bonchev–Trinajstić information content (AvgIpc) is 4.56. The van der Waals surface area contributed by atoms with Crippen LogP contribution in [0.5, 0.6) is 0 Å². The molecule has 7 aromatic rings. The molecule has 0 amide bonds. The van der Waals surface area contributed by atoms with Gasteiger partial charge >= 0.3 is 78.2 Å². The molecule has 0 atom stereocenters. The summed E-state index contributed by atoms with van der Waals surface area (Å²) in [6.07, 6.45) is 21.6. The molecule has 87 heavy (non-hydrogen) atoms. The van der Waals surface area contributed by atoms with Gasteiger partial charge in [0.2, 0.25) is 0 Å². The quantitative estimate of drug-likeness (QED) is 0.0396. The van der Waals surface area contributed by atoms with E-state index in [4.69, 9.17) is 38.7 Å². The summed E-state index contributed by atoms with van der Waals surface area (Å²) in [4.78, 5) is 79.0. The third-order valence-corrected chi connectivity index (χ3v) is 11.8. The second-order valence-electron chi connectivity index (χ2n) is 16.7. The molecule has 463 valence electrons. The fraction of sp³-hybridized carbons (Fsp3) is 0.360. The number of thiol groups is 1. The molecule has 0 bridgehead atoms. The first-order valence-electron chi connectivity index (χ1n) is 24.0. The molecule has 0 saturated carbocycles. The van der Waals surface area contributed by atoms with Crippen molar-refractivity contribution in [3.63, 3.8) is 0 Å². The van der Waals surface area contributed by atoms with E-state index < -0.39 is 35.1 Å². The van der Waals surface area contributed by atoms with Crippen LogP contribution in [0.2, 0.25) is 0 Å². The van der Waals surface area contributed by atoms with Gasteiger partial charge in [0.25, 0.3) is 0 Å². The van der Waals surface area contributed by atoms with Crippen molar-refractivity contribution in [3.8, 4) is 34.2 Å². The largest absolute Gasteiger partial charge is 1.00 e. The molecule has 1 saturated heterocycles. The number of halogens is 3. The first kappa shape index (κ1) is 84.8. The van der Waals surface area contributed by atoms with Gasteiger partial charge in [0.05, 0.1) is 109 Å². The van der Waals surface area contributed by atoms with E-state index >= 15 is 0 Å². The number of aliphatic imine (C=N–C) groups is 1. The number of aromatic carboxylic acids is 1. The third kappa shape index (κ3) is 31.9. The van der Waals surface area contributed by atoms with Crippen LogP contribution in [0.15, 0.2) is 109 Å². The average molecular weight is 1430 g/mol. The van der Waals surface area contributed by atoms with E-state index in [1.54, 1.807) is 81.5 Å². The van der Waals surface area contributed by atoms with Crippen molar-refractivity contribution in [2.24, 2.45) is 36.2 Å². The first-order valence-corrected chi connectivity index (χ1v) is 26.8. The summed E-state index contributed by atoms with van der Waals surface area (Å²) in [6, 6.07) is 1.82. The Bertz CT molecular complexity index is 3110. The fourth-order valence-corrected chi connectivity index (χ4v) is 6.43. The van der Waals surface area contributed by atoms with Crippen LogP contribution in [0.25, 0.3) is 34.2 Å². The number of hydrogen-bond acceptors (Lipinski definition) is 27. The number of aromatic nitrogens is 14. The number of rotatable bonds is 9. The van der Waals surface area contributed by atoms with E-state index in [1.165, 1.54) is 96.0 Å². The molecule has 1 aliphatic rings. The van der Waals surface area contributed by atoms with Crippen LogP contribution in [0.4, 0.5) is 0 Å². The molecule has 8 heterocycles. The summed E-state index contributed by atoms with van der Waals surface area (Å²) in [5.41, 5.74) is 8.13. The molecule has 8 rings (SSSR count). The number of carbonyl (C=O) groups excluding carboxylic acids is 3. The molecule has 1 aliphatic heterocycles. The van der Waals surface area contributed by atoms with E-state index in [2.05, 4.69) is 147 Å². The van der Waals surface area contributed by atoms with Crippen molar-refractivity contribution in [2.45, 2.75) is 51.7 Å². The maximum Gasteiger partial charge on any atom is 1.00 e. The number of allylic oxidation sites excluding steroid dienone is 1. The molecule has 7 N–H and O–H groups in total. The van der Waals surface area contributed by atoms with Gasteiger partial charge in [0.15, 0.2) is 22.8 Å². The molecule has 0 unspecified atom stereocenters. The van der Waals surface area contributed by atoms with E-state index in [0.29, 0.717) is 27.3 Å². The minimum atomic E-state index is -1.09. The Hall–Kier alpha value is -6.44. The van der Waals surface area contributed by atoms with E-state index in [0.717, 1.165) is 46.4 Å². The van der Waals surface area contributed by atoms with Gasteiger partial charge in [-0.15, -0.1) is 0 Å². The molecular weight excluding hydrogens is 1360 g/mol. The Kier molecular flexibility index (Phi) is 44.6. The number of esters is 3. The number of methoxy groups -OCH3 is 3. The van der Waals surface area contributed by atoms with Gasteiger partial charge in [-0.3, -0.25) is 29.0 Å². The number of hydrogen-bond donors (Lipinski definition) is 6. The molecule has 0 aliphatic carbocycles. The number of carboxylic acid groups (broad SMARTS) is 1. The number of carboxylic acids is 1. The van der Waals surface area contributed by atoms with Gasteiger partial charge in [0, 0.05) is 54.7 Å². The van der Waals surface area contributed by atoms with Gasteiger partial charge in [-0.2, -0.15) is 15.3 Å². The zero-order chi connectivity index (χ0) is 64.9. The van der Waals surface area contributed by atoms with Gasteiger partial charge in [-0.05, 0) is 112 Å². The van der Waals surface area contributed by atoms with Crippen LogP contribution in [-0.2, 0) is 40.1 Å². The van der Waals surface area contributed by atoms with Crippen LogP contribution in [0.3, 0.4) is 0 Å². The smallest absolute Gasteiger partial charge is 0.870 e. The fourth-order valence-electron chi connectivity index (χ4n) is 5.12. The number of carbonyl (C=O) groups is 4. The number of nitrogens with zero attached hydrogens (tertiary/aromatic N) is 16. The third-order valence-electron chi connectivity index (χ3n) is 10.2. The Balaban J connectivity index is -0.000000958. The molecule has 3 radical (unpaired) electrons. The van der Waals surface area contributed by atoms with Gasteiger partial charge in [-0.1, -0.05) is 0 Å². The first-order chi connectivity index (χ1) is 40.2. The molecule has 0 spiro atoms. The summed E-state index contributed by atoms with van der Waals surface area (Å²) in [7, 11) is 21.4. The monoisotopic (exact) mass is 1430 g/mol. The Morgan fingerprint density at radius 2 is 1.02 bits per heavy atom. The summed E-state index contributed by atoms with van der Waals surface area (Å²) < 4.78 is 28.3. The van der Waals surface area contributed by atoms with Crippen LogP contribution in [0.1, 0.15) is 82.5 Å². The predicted octanol–water partition coefficient (Wildman–Crippen LogP) is 2.05. The molecule has 37 heteroatoms. The van der Waals surface area contributed by atoms with E-state index in [1.807, 2.05) is 13.1 Å². The van der Waals surface area contributed by atoms with Crippen LogP contribution >= 0.6 is 60.6 Å². The number of ether oxygens (including phenoxy) is 4. The number of aliphatic hydroxyl groups is 3. The van der Waals surface area contributed by atoms with Crippen molar-refractivity contribution in [2.75, 3.05) is 48.7 Å². The van der Waals surface area contributed by atoms with E-state index in [9.17, 15) is 19.2 Å². The van der Waals surface area contributed by atoms with Crippen LogP contribution < -0.4 is 35.3 Å². The van der Waals surface area contributed by atoms with Crippen molar-refractivity contribution in [1.29, 1.82) is 0 Å². The SMILES string of the molecule is C1CCOC1.CC(C)(O)C(C)(C)O.CO.COC(=O)c1cnc(-c2c(Br)cnn2C)cn1.COC(=O)c1cnc(-c2ccnn2C)cn1.COC(=O)c1cnc(Br)cn1.Cn1ncc(Br)c1-c1cnc(C(=O)O)cn1.[B]=NS.[B]C(C=CN)=NC.[Na+].[OH-]. The zero-order valence-electron chi connectivity index (χ0n) is 49.9. The maximum atomic E-state index is 11.2. The standard InChI is InChI=1S/C10H9BrN4O2.C10H10N4O2.C9H7BrN4O2.C6H5BrN2O2.C6H14O2.C4H7BN2.C4H8O.CH4O.BHNS.Na.H2O/c1-15-9(6(11)3-14-15)7-4-13-8(5-12-7)10(16)17-2;1-14-9(3-4-13-14)7-5-12-8(6-11-7)10(15)16-2;1-14-8(5(10)2-13-14)6-3-12-7(4-11-6)9(15)16;1-11-6(10)4-2-9-5(7)3-8-4;1-5(2,7)6(3,4)8;1-7-4(5)2-3-6;1-2-4-5-3-1;1-2;1-2-3;;/h3-5H,1-2H3;3-6H,1-2H3;2-4H,1H3,(H,15,16);2-3H,1H3;7-8H,1-4H3;2-3H,6H2,1H3;1-4H2;2H,1H3;3H;;1H2/q;;;;;;;;;+1;/p-1. The van der Waals surface area contributed by atoms with Gasteiger partial charge in [-0.25, -0.2) is 44.1 Å².